The topological polar surface area (TPSA) is 27.7 Å². The Hall–Kier alpha value is -3.65. The largest absolute Gasteiger partial charge is 0.417 e. The van der Waals surface area contributed by atoms with Gasteiger partial charge in [-0.3, -0.25) is 0 Å². The molecule has 0 radical (unpaired) electrons. The molecule has 30 heavy (non-hydrogen) atoms. The summed E-state index contributed by atoms with van der Waals surface area (Å²) in [6.07, 6.45) is -2.96. The molecule has 1 heterocycles. The number of alkyl halides is 3. The number of rotatable bonds is 2. The molecule has 0 atom stereocenters. The number of fused-ring (bicyclic) bond motifs is 1. The average molecular weight is 403 g/mol. The Morgan fingerprint density at radius 1 is 0.933 bits per heavy atom. The maximum atomic E-state index is 14.0. The maximum Gasteiger partial charge on any atom is 0.417 e. The highest BCUT2D eigenvalue weighted by atomic mass is 19.4. The van der Waals surface area contributed by atoms with Crippen LogP contribution in [0.3, 0.4) is 0 Å². The molecule has 0 N–H and O–H groups in total. The first-order valence-electron chi connectivity index (χ1n) is 9.39. The number of halogens is 3. The molecule has 0 aliphatic carbocycles. The lowest BCUT2D eigenvalue weighted by Crippen LogP contribution is -2.32. The summed E-state index contributed by atoms with van der Waals surface area (Å²) in [4.78, 5) is 0. The van der Waals surface area contributed by atoms with Gasteiger partial charge in [-0.15, -0.1) is 0 Å². The molecule has 0 bridgehead atoms. The molecule has 148 valence electrons. The smallest absolute Gasteiger partial charge is 0.200 e. The van der Waals surface area contributed by atoms with Crippen molar-refractivity contribution in [2.45, 2.75) is 13.1 Å². The minimum Gasteiger partial charge on any atom is -0.200 e. The van der Waals surface area contributed by atoms with E-state index in [2.05, 4.69) is 6.07 Å². The van der Waals surface area contributed by atoms with Gasteiger partial charge in [0.25, 0.3) is 0 Å². The Kier molecular flexibility index (Phi) is 4.79. The summed E-state index contributed by atoms with van der Waals surface area (Å²) < 4.78 is 43.8. The Morgan fingerprint density at radius 2 is 1.67 bits per heavy atom. The zero-order valence-electron chi connectivity index (χ0n) is 16.5. The molecule has 1 aromatic heterocycles. The van der Waals surface area contributed by atoms with Gasteiger partial charge in [-0.05, 0) is 41.0 Å². The summed E-state index contributed by atoms with van der Waals surface area (Å²) >= 11 is 0. The van der Waals surface area contributed by atoms with Gasteiger partial charge < -0.3 is 0 Å². The van der Waals surface area contributed by atoms with Gasteiger partial charge in [0.05, 0.1) is 28.3 Å². The molecule has 0 unspecified atom stereocenters. The first-order valence-corrected chi connectivity index (χ1v) is 9.39. The van der Waals surface area contributed by atoms with Crippen molar-refractivity contribution in [3.8, 4) is 28.5 Å². The van der Waals surface area contributed by atoms with Crippen molar-refractivity contribution in [2.24, 2.45) is 7.05 Å². The SMILES string of the molecule is Cc1ccc2cc(C#N)ccc2c1-c1cc(C(F)(F)F)c(-c2ccccc2)c[n+]1C. The van der Waals surface area contributed by atoms with Crippen molar-refractivity contribution < 1.29 is 17.7 Å². The van der Waals surface area contributed by atoms with Crippen LogP contribution in [0.1, 0.15) is 16.7 Å². The van der Waals surface area contributed by atoms with Crippen LogP contribution in [-0.2, 0) is 13.2 Å². The normalized spacial score (nSPS) is 11.5. The molecular formula is C25H18F3N2+. The van der Waals surface area contributed by atoms with E-state index < -0.39 is 11.7 Å². The third kappa shape index (κ3) is 3.42. The monoisotopic (exact) mass is 403 g/mol. The molecule has 4 rings (SSSR count). The second kappa shape index (κ2) is 7.31. The van der Waals surface area contributed by atoms with Gasteiger partial charge in [0.1, 0.15) is 7.05 Å². The van der Waals surface area contributed by atoms with Crippen LogP contribution >= 0.6 is 0 Å². The number of benzene rings is 3. The lowest BCUT2D eigenvalue weighted by atomic mass is 9.93. The lowest BCUT2D eigenvalue weighted by molar-refractivity contribution is -0.660. The quantitative estimate of drug-likeness (QED) is 0.366. The van der Waals surface area contributed by atoms with E-state index in [1.165, 1.54) is 12.3 Å². The molecule has 3 aromatic carbocycles. The number of nitrogens with zero attached hydrogens (tertiary/aromatic N) is 2. The molecule has 0 saturated heterocycles. The van der Waals surface area contributed by atoms with Crippen LogP contribution < -0.4 is 4.57 Å². The fourth-order valence-corrected chi connectivity index (χ4v) is 3.83. The first kappa shape index (κ1) is 19.7. The molecule has 0 fully saturated rings. The number of aromatic nitrogens is 1. The third-order valence-corrected chi connectivity index (χ3v) is 5.28. The summed E-state index contributed by atoms with van der Waals surface area (Å²) in [7, 11) is 1.75. The molecule has 4 aromatic rings. The number of hydrogen-bond acceptors (Lipinski definition) is 1. The van der Waals surface area contributed by atoms with E-state index in [4.69, 9.17) is 5.26 Å². The molecule has 0 spiro atoms. The van der Waals surface area contributed by atoms with Gasteiger partial charge in [-0.1, -0.05) is 48.5 Å². The summed E-state index contributed by atoms with van der Waals surface area (Å²) in [5, 5.41) is 10.8. The fraction of sp³-hybridized carbons (Fsp3) is 0.120. The molecule has 0 saturated carbocycles. The van der Waals surface area contributed by atoms with Gasteiger partial charge in [0.15, 0.2) is 6.20 Å². The molecule has 5 heteroatoms. The van der Waals surface area contributed by atoms with Crippen LogP contribution in [0.25, 0.3) is 33.2 Å². The van der Waals surface area contributed by atoms with Crippen molar-refractivity contribution in [3.63, 3.8) is 0 Å². The standard InChI is InChI=1S/C25H18F3N2/c1-16-8-10-19-12-17(14-29)9-11-20(19)24(16)23-13-22(25(26,27)28)21(15-30(23)2)18-6-4-3-5-7-18/h3-13,15H,1-2H3/q+1. The maximum absolute atomic E-state index is 14.0. The van der Waals surface area contributed by atoms with Gasteiger partial charge in [-0.2, -0.15) is 18.4 Å². The zero-order valence-corrected chi connectivity index (χ0v) is 16.5. The van der Waals surface area contributed by atoms with Crippen LogP contribution in [0.4, 0.5) is 13.2 Å². The second-order valence-electron chi connectivity index (χ2n) is 7.27. The second-order valence-corrected chi connectivity index (χ2v) is 7.27. The first-order chi connectivity index (χ1) is 14.3. The van der Waals surface area contributed by atoms with Crippen LogP contribution in [0, 0.1) is 18.3 Å². The minimum absolute atomic E-state index is 0.138. The van der Waals surface area contributed by atoms with E-state index >= 15 is 0 Å². The molecular weight excluding hydrogens is 385 g/mol. The predicted octanol–water partition coefficient (Wildman–Crippen LogP) is 6.20. The average Bonchev–Trinajstić information content (AvgIpc) is 2.73. The van der Waals surface area contributed by atoms with Crippen molar-refractivity contribution in [3.05, 3.63) is 89.6 Å². The summed E-state index contributed by atoms with van der Waals surface area (Å²) in [5.74, 6) is 0. The summed E-state index contributed by atoms with van der Waals surface area (Å²) in [6, 6.07) is 20.9. The number of hydrogen-bond donors (Lipinski definition) is 0. The predicted molar refractivity (Wildman–Crippen MR) is 110 cm³/mol. The van der Waals surface area contributed by atoms with Crippen LogP contribution in [-0.4, -0.2) is 0 Å². The Balaban J connectivity index is 2.04. The van der Waals surface area contributed by atoms with Crippen LogP contribution in [0.2, 0.25) is 0 Å². The van der Waals surface area contributed by atoms with Gasteiger partial charge in [0, 0.05) is 6.07 Å². The zero-order chi connectivity index (χ0) is 21.5. The van der Waals surface area contributed by atoms with Gasteiger partial charge >= 0.3 is 6.18 Å². The van der Waals surface area contributed by atoms with E-state index in [1.54, 1.807) is 60.1 Å². The van der Waals surface area contributed by atoms with Crippen molar-refractivity contribution in [1.82, 2.24) is 0 Å². The summed E-state index contributed by atoms with van der Waals surface area (Å²) in [5.41, 5.74) is 2.55. The van der Waals surface area contributed by atoms with Gasteiger partial charge in [-0.25, -0.2) is 4.57 Å². The Bertz CT molecular complexity index is 1300. The van der Waals surface area contributed by atoms with E-state index in [0.29, 0.717) is 16.8 Å². The van der Waals surface area contributed by atoms with Crippen LogP contribution in [0.5, 0.6) is 0 Å². The Morgan fingerprint density at radius 3 is 2.33 bits per heavy atom. The van der Waals surface area contributed by atoms with Crippen LogP contribution in [0.15, 0.2) is 72.9 Å². The lowest BCUT2D eigenvalue weighted by Gasteiger charge is -2.15. The Labute approximate surface area is 172 Å². The highest BCUT2D eigenvalue weighted by molar-refractivity contribution is 5.97. The number of pyridine rings is 1. The van der Waals surface area contributed by atoms with E-state index in [1.807, 2.05) is 19.1 Å². The number of nitriles is 1. The van der Waals surface area contributed by atoms with Crippen molar-refractivity contribution in [2.75, 3.05) is 0 Å². The van der Waals surface area contributed by atoms with E-state index in [0.717, 1.165) is 21.9 Å². The van der Waals surface area contributed by atoms with Crippen molar-refractivity contribution in [1.29, 1.82) is 5.26 Å². The summed E-state index contributed by atoms with van der Waals surface area (Å²) in [6.45, 7) is 1.88. The van der Waals surface area contributed by atoms with E-state index in [9.17, 15) is 13.2 Å². The fourth-order valence-electron chi connectivity index (χ4n) is 3.83. The van der Waals surface area contributed by atoms with Gasteiger partial charge in [0.2, 0.25) is 5.69 Å². The van der Waals surface area contributed by atoms with Crippen molar-refractivity contribution >= 4 is 10.8 Å². The van der Waals surface area contributed by atoms with E-state index in [-0.39, 0.29) is 5.56 Å². The highest BCUT2D eigenvalue weighted by Gasteiger charge is 2.37. The molecule has 0 aliphatic rings. The minimum atomic E-state index is -4.50. The molecule has 2 nitrogen and oxygen atoms in total. The third-order valence-electron chi connectivity index (χ3n) is 5.28. The molecule has 0 aliphatic heterocycles. The number of aryl methyl sites for hydroxylation is 2. The highest BCUT2D eigenvalue weighted by Crippen LogP contribution is 2.39. The molecule has 0 amide bonds.